The molecule has 0 aromatic carbocycles. The van der Waals surface area contributed by atoms with E-state index in [-0.39, 0.29) is 13.2 Å². The minimum atomic E-state index is -0.0524. The highest BCUT2D eigenvalue weighted by Gasteiger charge is 2.27. The molecule has 1 aliphatic heterocycles. The molecule has 11 heteroatoms. The second kappa shape index (κ2) is 7.37. The van der Waals surface area contributed by atoms with Gasteiger partial charge in [-0.1, -0.05) is 0 Å². The molecule has 4 aromatic heterocycles. The summed E-state index contributed by atoms with van der Waals surface area (Å²) in [7, 11) is 1.89. The van der Waals surface area contributed by atoms with Gasteiger partial charge < -0.3 is 10.2 Å². The van der Waals surface area contributed by atoms with Gasteiger partial charge in [-0.2, -0.15) is 10.2 Å². The number of fused-ring (bicyclic) bond motifs is 2. The average Bonchev–Trinajstić information content (AvgIpc) is 3.46. The molecule has 0 atom stereocenters. The van der Waals surface area contributed by atoms with E-state index in [9.17, 15) is 5.11 Å². The molecule has 0 bridgehead atoms. The number of hydrogen-bond acceptors (Lipinski definition) is 8. The predicted molar refractivity (Wildman–Crippen MR) is 111 cm³/mol. The van der Waals surface area contributed by atoms with Gasteiger partial charge in [-0.25, -0.2) is 14.5 Å². The van der Waals surface area contributed by atoms with Gasteiger partial charge in [0.25, 0.3) is 0 Å². The number of aliphatic hydroxyl groups is 1. The molecule has 0 amide bonds. The normalized spacial score (nSPS) is 13.4. The Balaban J connectivity index is 1.45. The Labute approximate surface area is 171 Å². The van der Waals surface area contributed by atoms with Crippen LogP contribution in [0.4, 0.5) is 11.6 Å². The van der Waals surface area contributed by atoms with Crippen molar-refractivity contribution in [3.05, 3.63) is 54.2 Å². The van der Waals surface area contributed by atoms with Crippen LogP contribution in [-0.2, 0) is 19.7 Å². The van der Waals surface area contributed by atoms with Crippen LogP contribution in [0.25, 0.3) is 16.8 Å². The van der Waals surface area contributed by atoms with E-state index in [0.29, 0.717) is 13.1 Å². The van der Waals surface area contributed by atoms with E-state index in [1.54, 1.807) is 27.8 Å². The van der Waals surface area contributed by atoms with E-state index >= 15 is 0 Å². The van der Waals surface area contributed by atoms with Crippen LogP contribution in [0.2, 0.25) is 0 Å². The maximum absolute atomic E-state index is 9.52. The SMILES string of the molecule is CN1NN(Cc2ccn3ncc(CO)c3c2)c2nc(-c3cnn(CC[OH2+])c3)cnc21. The minimum Gasteiger partial charge on any atom is -0.444 e. The summed E-state index contributed by atoms with van der Waals surface area (Å²) < 4.78 is 3.48. The number of hydrogen-bond donors (Lipinski definition) is 2. The number of anilines is 2. The van der Waals surface area contributed by atoms with E-state index in [0.717, 1.165) is 39.5 Å². The fourth-order valence-corrected chi connectivity index (χ4v) is 3.53. The van der Waals surface area contributed by atoms with E-state index in [4.69, 9.17) is 10.1 Å². The lowest BCUT2D eigenvalue weighted by Crippen LogP contribution is -2.41. The second-order valence-electron chi connectivity index (χ2n) is 7.08. The summed E-state index contributed by atoms with van der Waals surface area (Å²) in [5, 5.41) is 29.2. The molecule has 5 rings (SSSR count). The van der Waals surface area contributed by atoms with Crippen molar-refractivity contribution in [2.45, 2.75) is 19.7 Å². The van der Waals surface area contributed by atoms with Crippen LogP contribution in [0.15, 0.2) is 43.1 Å². The van der Waals surface area contributed by atoms with Crippen LogP contribution in [0.1, 0.15) is 11.1 Å². The van der Waals surface area contributed by atoms with Crippen molar-refractivity contribution in [1.82, 2.24) is 34.9 Å². The number of rotatable bonds is 6. The topological polar surface area (TPSA) is 123 Å². The molecule has 0 aliphatic carbocycles. The van der Waals surface area contributed by atoms with Crippen molar-refractivity contribution in [3.63, 3.8) is 0 Å². The first-order valence-electron chi connectivity index (χ1n) is 9.54. The molecule has 4 N–H and O–H groups in total. The van der Waals surface area contributed by atoms with Crippen molar-refractivity contribution >= 4 is 17.2 Å². The van der Waals surface area contributed by atoms with Gasteiger partial charge in [-0.15, -0.1) is 5.53 Å². The van der Waals surface area contributed by atoms with Gasteiger partial charge in [0, 0.05) is 30.6 Å². The number of aromatic nitrogens is 6. The maximum Gasteiger partial charge on any atom is 0.190 e. The summed E-state index contributed by atoms with van der Waals surface area (Å²) in [5.74, 6) is 1.46. The molecule has 11 nitrogen and oxygen atoms in total. The first-order valence-corrected chi connectivity index (χ1v) is 9.54. The van der Waals surface area contributed by atoms with E-state index in [2.05, 4.69) is 20.7 Å². The Kier molecular flexibility index (Phi) is 4.54. The molecule has 0 radical (unpaired) electrons. The van der Waals surface area contributed by atoms with Crippen LogP contribution in [0, 0.1) is 0 Å². The molecular formula is C19H22N9O2+. The molecule has 0 saturated heterocycles. The van der Waals surface area contributed by atoms with Crippen molar-refractivity contribution in [1.29, 1.82) is 0 Å². The number of nitrogens with zero attached hydrogens (tertiary/aromatic N) is 8. The summed E-state index contributed by atoms with van der Waals surface area (Å²) in [6, 6.07) is 4.00. The average molecular weight is 408 g/mol. The Hall–Kier alpha value is -3.54. The first-order chi connectivity index (χ1) is 14.7. The largest absolute Gasteiger partial charge is 0.444 e. The molecule has 4 aromatic rings. The fourth-order valence-electron chi connectivity index (χ4n) is 3.53. The van der Waals surface area contributed by atoms with Gasteiger partial charge in [0.2, 0.25) is 0 Å². The zero-order chi connectivity index (χ0) is 20.7. The van der Waals surface area contributed by atoms with Crippen LogP contribution in [-0.4, -0.2) is 53.2 Å². The Morgan fingerprint density at radius 3 is 2.90 bits per heavy atom. The minimum absolute atomic E-state index is 0.0524. The fraction of sp³-hybridized carbons (Fsp3) is 0.263. The van der Waals surface area contributed by atoms with Gasteiger partial charge in [0.15, 0.2) is 18.2 Å². The lowest BCUT2D eigenvalue weighted by atomic mass is 10.2. The Morgan fingerprint density at radius 1 is 1.17 bits per heavy atom. The standard InChI is InChI=1S/C19H21N9O2/c1-25-18-19(23-16(9-20-18)14-7-21-26(11-14)4-5-29)28(24-25)10-13-2-3-27-17(6-13)15(12-30)8-22-27/h2-3,6-9,11,24,29-30H,4-5,10,12H2,1H3/p+1. The number of nitrogens with one attached hydrogen (secondary N) is 1. The van der Waals surface area contributed by atoms with Crippen LogP contribution < -0.4 is 15.6 Å². The molecular weight excluding hydrogens is 386 g/mol. The number of hydrazine groups is 2. The summed E-state index contributed by atoms with van der Waals surface area (Å²) in [6.07, 6.45) is 8.91. The van der Waals surface area contributed by atoms with Crippen molar-refractivity contribution < 1.29 is 10.2 Å². The van der Waals surface area contributed by atoms with Crippen molar-refractivity contribution in [3.8, 4) is 11.3 Å². The summed E-state index contributed by atoms with van der Waals surface area (Å²) in [4.78, 5) is 9.38. The summed E-state index contributed by atoms with van der Waals surface area (Å²) in [6.45, 7) is 1.32. The third-order valence-electron chi connectivity index (χ3n) is 5.03. The van der Waals surface area contributed by atoms with E-state index < -0.39 is 0 Å². The molecule has 0 saturated carbocycles. The van der Waals surface area contributed by atoms with Crippen LogP contribution in [0.5, 0.6) is 0 Å². The van der Waals surface area contributed by atoms with Gasteiger partial charge in [0.05, 0.1) is 43.0 Å². The highest BCUT2D eigenvalue weighted by Crippen LogP contribution is 2.31. The molecule has 154 valence electrons. The Morgan fingerprint density at radius 2 is 2.07 bits per heavy atom. The number of pyridine rings is 1. The smallest absolute Gasteiger partial charge is 0.190 e. The van der Waals surface area contributed by atoms with Gasteiger partial charge in [0.1, 0.15) is 6.54 Å². The zero-order valence-corrected chi connectivity index (χ0v) is 16.4. The Bertz CT molecular complexity index is 1200. The van der Waals surface area contributed by atoms with E-state index in [1.807, 2.05) is 41.6 Å². The third kappa shape index (κ3) is 3.14. The van der Waals surface area contributed by atoms with Crippen LogP contribution >= 0.6 is 0 Å². The van der Waals surface area contributed by atoms with Gasteiger partial charge in [-0.3, -0.25) is 14.7 Å². The molecule has 0 fully saturated rings. The third-order valence-corrected chi connectivity index (χ3v) is 5.03. The molecule has 0 unspecified atom stereocenters. The quantitative estimate of drug-likeness (QED) is 0.430. The summed E-state index contributed by atoms with van der Waals surface area (Å²) >= 11 is 0. The predicted octanol–water partition coefficient (Wildman–Crippen LogP) is 0.0807. The second-order valence-corrected chi connectivity index (χ2v) is 7.08. The van der Waals surface area contributed by atoms with Gasteiger partial charge >= 0.3 is 0 Å². The first kappa shape index (κ1) is 18.5. The lowest BCUT2D eigenvalue weighted by Gasteiger charge is -2.19. The molecule has 5 heterocycles. The van der Waals surface area contributed by atoms with Gasteiger partial charge in [-0.05, 0) is 17.7 Å². The van der Waals surface area contributed by atoms with Crippen LogP contribution in [0.3, 0.4) is 0 Å². The monoisotopic (exact) mass is 408 g/mol. The highest BCUT2D eigenvalue weighted by atomic mass is 16.3. The maximum atomic E-state index is 9.52. The lowest BCUT2D eigenvalue weighted by molar-refractivity contribution is 0.269. The summed E-state index contributed by atoms with van der Waals surface area (Å²) in [5.41, 5.74) is 7.56. The van der Waals surface area contributed by atoms with Crippen molar-refractivity contribution in [2.24, 2.45) is 0 Å². The molecule has 1 aliphatic rings. The van der Waals surface area contributed by atoms with E-state index in [1.165, 1.54) is 0 Å². The van der Waals surface area contributed by atoms with Crippen molar-refractivity contribution in [2.75, 3.05) is 23.7 Å². The molecule has 30 heavy (non-hydrogen) atoms. The zero-order valence-electron chi connectivity index (χ0n) is 16.4. The highest BCUT2D eigenvalue weighted by molar-refractivity contribution is 5.70. The molecule has 0 spiro atoms. The number of aliphatic hydroxyl groups excluding tert-OH is 1.